The lowest BCUT2D eigenvalue weighted by Crippen LogP contribution is -2.25. The number of halogens is 2. The second-order valence-electron chi connectivity index (χ2n) is 6.36. The summed E-state index contributed by atoms with van der Waals surface area (Å²) in [6.07, 6.45) is -0.352. The van der Waals surface area contributed by atoms with E-state index < -0.39 is 0 Å². The van der Waals surface area contributed by atoms with Gasteiger partial charge in [-0.05, 0) is 30.2 Å². The quantitative estimate of drug-likeness (QED) is 0.872. The van der Waals surface area contributed by atoms with Crippen LogP contribution >= 0.6 is 23.2 Å². The molecule has 1 aliphatic rings. The van der Waals surface area contributed by atoms with Crippen molar-refractivity contribution in [1.82, 2.24) is 4.90 Å². The molecule has 2 aromatic rings. The summed E-state index contributed by atoms with van der Waals surface area (Å²) >= 11 is 12.2. The van der Waals surface area contributed by atoms with E-state index in [1.54, 1.807) is 0 Å². The normalized spacial score (nSPS) is 23.1. The summed E-state index contributed by atoms with van der Waals surface area (Å²) in [4.78, 5) is 2.40. The van der Waals surface area contributed by atoms with Gasteiger partial charge in [0.1, 0.15) is 0 Å². The van der Waals surface area contributed by atoms with Crippen LogP contribution in [0.5, 0.6) is 0 Å². The number of hydrogen-bond donors (Lipinski definition) is 1. The lowest BCUT2D eigenvalue weighted by atomic mass is 9.86. The van der Waals surface area contributed by atoms with Gasteiger partial charge in [-0.2, -0.15) is 0 Å². The highest BCUT2D eigenvalue weighted by molar-refractivity contribution is 6.42. The van der Waals surface area contributed by atoms with Crippen molar-refractivity contribution in [2.24, 2.45) is 5.92 Å². The predicted molar refractivity (Wildman–Crippen MR) is 96.1 cm³/mol. The smallest absolute Gasteiger partial charge is 0.0595 e. The van der Waals surface area contributed by atoms with Crippen LogP contribution in [0.25, 0.3) is 0 Å². The maximum Gasteiger partial charge on any atom is 0.0595 e. The van der Waals surface area contributed by atoms with Gasteiger partial charge in [-0.1, -0.05) is 59.6 Å². The second kappa shape index (κ2) is 7.23. The van der Waals surface area contributed by atoms with Crippen LogP contribution in [-0.2, 0) is 6.54 Å². The fraction of sp³-hybridized carbons (Fsp3) is 0.368. The van der Waals surface area contributed by atoms with Gasteiger partial charge in [0.25, 0.3) is 0 Å². The Balaban J connectivity index is 1.79. The number of aliphatic hydroxyl groups excluding tert-OH is 1. The largest absolute Gasteiger partial charge is 0.393 e. The fourth-order valence-electron chi connectivity index (χ4n) is 3.47. The van der Waals surface area contributed by atoms with Crippen LogP contribution in [0.2, 0.25) is 10.0 Å². The topological polar surface area (TPSA) is 23.5 Å². The summed E-state index contributed by atoms with van der Waals surface area (Å²) in [5, 5.41) is 11.4. The summed E-state index contributed by atoms with van der Waals surface area (Å²) in [5.41, 5.74) is 2.45. The molecule has 2 nitrogen and oxygen atoms in total. The van der Waals surface area contributed by atoms with Gasteiger partial charge in [0.15, 0.2) is 0 Å². The maximum atomic E-state index is 10.2. The van der Waals surface area contributed by atoms with Gasteiger partial charge < -0.3 is 5.11 Å². The zero-order valence-corrected chi connectivity index (χ0v) is 14.6. The third-order valence-electron chi connectivity index (χ3n) is 4.68. The number of likely N-dealkylation sites (tertiary alicyclic amines) is 1. The van der Waals surface area contributed by atoms with E-state index in [4.69, 9.17) is 23.2 Å². The predicted octanol–water partition coefficient (Wildman–Crippen LogP) is 4.59. The van der Waals surface area contributed by atoms with Gasteiger partial charge in [-0.15, -0.1) is 0 Å². The first-order chi connectivity index (χ1) is 11.0. The van der Waals surface area contributed by atoms with Crippen LogP contribution in [0.1, 0.15) is 24.0 Å². The molecular formula is C19H21Cl2NO. The molecule has 4 heteroatoms. The maximum absolute atomic E-state index is 10.2. The van der Waals surface area contributed by atoms with Crippen molar-refractivity contribution < 1.29 is 5.11 Å². The van der Waals surface area contributed by atoms with Gasteiger partial charge in [-0.3, -0.25) is 4.90 Å². The van der Waals surface area contributed by atoms with Crippen molar-refractivity contribution in [1.29, 1.82) is 0 Å². The summed E-state index contributed by atoms with van der Waals surface area (Å²) in [6.45, 7) is 4.59. The molecule has 1 fully saturated rings. The van der Waals surface area contributed by atoms with Crippen LogP contribution in [0.3, 0.4) is 0 Å². The van der Waals surface area contributed by atoms with Crippen LogP contribution in [0, 0.1) is 5.92 Å². The molecule has 0 spiro atoms. The minimum absolute atomic E-state index is 0.205. The third kappa shape index (κ3) is 3.89. The third-order valence-corrected chi connectivity index (χ3v) is 5.42. The summed E-state index contributed by atoms with van der Waals surface area (Å²) in [7, 11) is 0. The molecule has 1 N–H and O–H groups in total. The average molecular weight is 350 g/mol. The van der Waals surface area contributed by atoms with Crippen molar-refractivity contribution in [2.45, 2.75) is 25.5 Å². The molecule has 0 saturated carbocycles. The molecule has 3 atom stereocenters. The summed E-state index contributed by atoms with van der Waals surface area (Å²) in [5.74, 6) is 0.476. The molecule has 0 amide bonds. The van der Waals surface area contributed by atoms with Crippen molar-refractivity contribution in [3.8, 4) is 0 Å². The highest BCUT2D eigenvalue weighted by Gasteiger charge is 2.36. The van der Waals surface area contributed by atoms with Gasteiger partial charge in [0, 0.05) is 31.5 Å². The van der Waals surface area contributed by atoms with E-state index in [1.165, 1.54) is 5.56 Å². The Bertz CT molecular complexity index is 660. The van der Waals surface area contributed by atoms with E-state index in [0.29, 0.717) is 10.0 Å². The molecule has 0 bridgehead atoms. The average Bonchev–Trinajstić information content (AvgIpc) is 2.95. The van der Waals surface area contributed by atoms with Crippen molar-refractivity contribution in [3.63, 3.8) is 0 Å². The van der Waals surface area contributed by atoms with E-state index in [2.05, 4.69) is 29.2 Å². The van der Waals surface area contributed by atoms with Crippen molar-refractivity contribution in [2.75, 3.05) is 13.1 Å². The van der Waals surface area contributed by atoms with E-state index >= 15 is 0 Å². The van der Waals surface area contributed by atoms with Crippen molar-refractivity contribution in [3.05, 3.63) is 69.7 Å². The highest BCUT2D eigenvalue weighted by Crippen LogP contribution is 2.37. The molecule has 23 heavy (non-hydrogen) atoms. The van der Waals surface area contributed by atoms with E-state index in [1.807, 2.05) is 31.2 Å². The van der Waals surface area contributed by atoms with E-state index in [-0.39, 0.29) is 17.9 Å². The SMILES string of the molecule is CC(O)C1CN(Cc2ccccc2)CC1c1ccc(Cl)c(Cl)c1. The number of aliphatic hydroxyl groups is 1. The Morgan fingerprint density at radius 1 is 1.09 bits per heavy atom. The van der Waals surface area contributed by atoms with Gasteiger partial charge in [0.2, 0.25) is 0 Å². The van der Waals surface area contributed by atoms with E-state index in [9.17, 15) is 5.11 Å². The summed E-state index contributed by atoms with van der Waals surface area (Å²) < 4.78 is 0. The number of nitrogens with zero attached hydrogens (tertiary/aromatic N) is 1. The first kappa shape index (κ1) is 16.8. The van der Waals surface area contributed by atoms with Crippen LogP contribution < -0.4 is 0 Å². The molecular weight excluding hydrogens is 329 g/mol. The Hall–Kier alpha value is -1.06. The Labute approximate surface area is 147 Å². The Morgan fingerprint density at radius 3 is 2.48 bits per heavy atom. The standard InChI is InChI=1S/C19H21Cl2NO/c1-13(23)16-11-22(10-14-5-3-2-4-6-14)12-17(16)15-7-8-18(20)19(21)9-15/h2-9,13,16-17,23H,10-12H2,1H3. The number of rotatable bonds is 4. The lowest BCUT2D eigenvalue weighted by Gasteiger charge is -2.21. The Kier molecular flexibility index (Phi) is 5.27. The highest BCUT2D eigenvalue weighted by atomic mass is 35.5. The zero-order chi connectivity index (χ0) is 16.4. The molecule has 1 aliphatic heterocycles. The lowest BCUT2D eigenvalue weighted by molar-refractivity contribution is 0.120. The fourth-order valence-corrected chi connectivity index (χ4v) is 3.78. The molecule has 0 radical (unpaired) electrons. The first-order valence-corrected chi connectivity index (χ1v) is 8.69. The minimum atomic E-state index is -0.352. The molecule has 3 unspecified atom stereocenters. The van der Waals surface area contributed by atoms with E-state index in [0.717, 1.165) is 25.2 Å². The molecule has 0 aliphatic carbocycles. The van der Waals surface area contributed by atoms with Crippen LogP contribution in [0.15, 0.2) is 48.5 Å². The summed E-state index contributed by atoms with van der Waals surface area (Å²) in [6, 6.07) is 16.3. The van der Waals surface area contributed by atoms with Gasteiger partial charge >= 0.3 is 0 Å². The number of hydrogen-bond acceptors (Lipinski definition) is 2. The first-order valence-electron chi connectivity index (χ1n) is 7.94. The van der Waals surface area contributed by atoms with Crippen LogP contribution in [0.4, 0.5) is 0 Å². The Morgan fingerprint density at radius 2 is 1.83 bits per heavy atom. The molecule has 1 heterocycles. The monoisotopic (exact) mass is 349 g/mol. The molecule has 0 aromatic heterocycles. The number of benzene rings is 2. The molecule has 3 rings (SSSR count). The zero-order valence-electron chi connectivity index (χ0n) is 13.1. The van der Waals surface area contributed by atoms with Crippen molar-refractivity contribution >= 4 is 23.2 Å². The molecule has 1 saturated heterocycles. The van der Waals surface area contributed by atoms with Gasteiger partial charge in [0.05, 0.1) is 16.1 Å². The molecule has 122 valence electrons. The van der Waals surface area contributed by atoms with Crippen LogP contribution in [-0.4, -0.2) is 29.2 Å². The second-order valence-corrected chi connectivity index (χ2v) is 7.18. The molecule has 2 aromatic carbocycles. The minimum Gasteiger partial charge on any atom is -0.393 e. The van der Waals surface area contributed by atoms with Gasteiger partial charge in [-0.25, -0.2) is 0 Å².